The summed E-state index contributed by atoms with van der Waals surface area (Å²) >= 11 is 0. The highest BCUT2D eigenvalue weighted by molar-refractivity contribution is 7.91. The summed E-state index contributed by atoms with van der Waals surface area (Å²) < 4.78 is 25.0. The van der Waals surface area contributed by atoms with Gasteiger partial charge in [0, 0.05) is 22.7 Å². The fourth-order valence-electron chi connectivity index (χ4n) is 2.80. The summed E-state index contributed by atoms with van der Waals surface area (Å²) in [7, 11) is -3.47. The third-order valence-corrected chi connectivity index (χ3v) is 6.16. The van der Waals surface area contributed by atoms with Crippen molar-refractivity contribution in [1.29, 1.82) is 0 Å². The second-order valence-corrected chi connectivity index (χ2v) is 8.58. The van der Waals surface area contributed by atoms with Crippen LogP contribution in [0.15, 0.2) is 47.4 Å². The van der Waals surface area contributed by atoms with Gasteiger partial charge in [-0.25, -0.2) is 8.42 Å². The van der Waals surface area contributed by atoms with E-state index in [1.807, 2.05) is 13.8 Å². The van der Waals surface area contributed by atoms with Crippen LogP contribution in [0, 0.1) is 13.8 Å². The van der Waals surface area contributed by atoms with E-state index in [0.717, 1.165) is 22.2 Å². The Balaban J connectivity index is 1.72. The topological polar surface area (TPSA) is 91.9 Å². The zero-order valence-corrected chi connectivity index (χ0v) is 15.7. The number of hydrogen-bond acceptors (Lipinski definition) is 4. The SMILES string of the molecule is Cc1ccc(S(=O)(=O)CC(C)NC(=O)c2ccc3n[nH]c(C)c3c2)cc1. The number of H-pyrrole nitrogens is 1. The zero-order chi connectivity index (χ0) is 18.9. The Morgan fingerprint density at radius 1 is 1.15 bits per heavy atom. The Kier molecular flexibility index (Phi) is 4.82. The van der Waals surface area contributed by atoms with Crippen molar-refractivity contribution in [2.24, 2.45) is 0 Å². The molecule has 0 saturated heterocycles. The van der Waals surface area contributed by atoms with Gasteiger partial charge in [-0.15, -0.1) is 0 Å². The predicted octanol–water partition coefficient (Wildman–Crippen LogP) is 2.77. The standard InChI is InChI=1S/C19H21N3O3S/c1-12-4-7-16(8-5-12)26(24,25)11-13(2)20-19(23)15-6-9-18-17(10-15)14(3)21-22-18/h4-10,13H,11H2,1-3H3,(H,20,23)(H,21,22). The maximum absolute atomic E-state index is 12.5. The van der Waals surface area contributed by atoms with Crippen LogP contribution in [0.5, 0.6) is 0 Å². The molecule has 6 nitrogen and oxygen atoms in total. The first-order valence-electron chi connectivity index (χ1n) is 8.31. The van der Waals surface area contributed by atoms with Crippen molar-refractivity contribution in [2.45, 2.75) is 31.7 Å². The highest BCUT2D eigenvalue weighted by Crippen LogP contribution is 2.17. The van der Waals surface area contributed by atoms with Crippen LogP contribution in [0.4, 0.5) is 0 Å². The molecule has 2 N–H and O–H groups in total. The number of aromatic nitrogens is 2. The Labute approximate surface area is 152 Å². The lowest BCUT2D eigenvalue weighted by Gasteiger charge is -2.14. The molecule has 0 bridgehead atoms. The molecule has 1 unspecified atom stereocenters. The molecule has 0 saturated carbocycles. The number of aromatic amines is 1. The van der Waals surface area contributed by atoms with Gasteiger partial charge < -0.3 is 5.32 Å². The van der Waals surface area contributed by atoms with Crippen molar-refractivity contribution >= 4 is 26.6 Å². The molecule has 7 heteroatoms. The number of benzene rings is 2. The summed E-state index contributed by atoms with van der Waals surface area (Å²) in [6, 6.07) is 11.4. The van der Waals surface area contributed by atoms with Crippen LogP contribution in [0.2, 0.25) is 0 Å². The van der Waals surface area contributed by atoms with E-state index in [1.54, 1.807) is 49.4 Å². The van der Waals surface area contributed by atoms with Crippen molar-refractivity contribution < 1.29 is 13.2 Å². The normalized spacial score (nSPS) is 12.9. The Hall–Kier alpha value is -2.67. The van der Waals surface area contributed by atoms with E-state index in [9.17, 15) is 13.2 Å². The highest BCUT2D eigenvalue weighted by atomic mass is 32.2. The maximum atomic E-state index is 12.5. The molecule has 3 aromatic rings. The van der Waals surface area contributed by atoms with Crippen molar-refractivity contribution in [3.05, 3.63) is 59.3 Å². The molecule has 1 heterocycles. The molecule has 2 aromatic carbocycles. The highest BCUT2D eigenvalue weighted by Gasteiger charge is 2.20. The van der Waals surface area contributed by atoms with Crippen LogP contribution in [-0.4, -0.2) is 36.3 Å². The van der Waals surface area contributed by atoms with Crippen molar-refractivity contribution in [3.63, 3.8) is 0 Å². The van der Waals surface area contributed by atoms with Crippen LogP contribution in [0.3, 0.4) is 0 Å². The van der Waals surface area contributed by atoms with Gasteiger partial charge in [0.05, 0.1) is 16.2 Å². The summed E-state index contributed by atoms with van der Waals surface area (Å²) in [4.78, 5) is 12.7. The van der Waals surface area contributed by atoms with E-state index in [2.05, 4.69) is 15.5 Å². The molecule has 0 aliphatic rings. The number of nitrogens with one attached hydrogen (secondary N) is 2. The lowest BCUT2D eigenvalue weighted by molar-refractivity contribution is 0.0944. The molecule has 0 fully saturated rings. The lowest BCUT2D eigenvalue weighted by Crippen LogP contribution is -2.37. The quantitative estimate of drug-likeness (QED) is 0.721. The number of carbonyl (C=O) groups is 1. The van der Waals surface area contributed by atoms with E-state index < -0.39 is 15.9 Å². The second-order valence-electron chi connectivity index (χ2n) is 6.55. The predicted molar refractivity (Wildman–Crippen MR) is 101 cm³/mol. The Bertz CT molecular complexity index is 1050. The van der Waals surface area contributed by atoms with Gasteiger partial charge in [-0.05, 0) is 51.1 Å². The fraction of sp³-hybridized carbons (Fsp3) is 0.263. The van der Waals surface area contributed by atoms with Gasteiger partial charge >= 0.3 is 0 Å². The lowest BCUT2D eigenvalue weighted by atomic mass is 10.1. The summed E-state index contributed by atoms with van der Waals surface area (Å²) in [6.45, 7) is 5.47. The van der Waals surface area contributed by atoms with E-state index in [1.165, 1.54) is 0 Å². The van der Waals surface area contributed by atoms with E-state index in [0.29, 0.717) is 5.56 Å². The molecule has 0 aliphatic carbocycles. The van der Waals surface area contributed by atoms with Crippen LogP contribution < -0.4 is 5.32 Å². The summed E-state index contributed by atoms with van der Waals surface area (Å²) in [5.74, 6) is -0.464. The Morgan fingerprint density at radius 2 is 1.85 bits per heavy atom. The first-order chi connectivity index (χ1) is 12.3. The number of fused-ring (bicyclic) bond motifs is 1. The van der Waals surface area contributed by atoms with Gasteiger partial charge in [0.2, 0.25) is 0 Å². The number of aryl methyl sites for hydroxylation is 2. The van der Waals surface area contributed by atoms with Gasteiger partial charge in [-0.3, -0.25) is 9.89 Å². The minimum atomic E-state index is -3.47. The van der Waals surface area contributed by atoms with Crippen LogP contribution in [0.25, 0.3) is 10.9 Å². The monoisotopic (exact) mass is 371 g/mol. The number of carbonyl (C=O) groups excluding carboxylic acids is 1. The van der Waals surface area contributed by atoms with E-state index in [4.69, 9.17) is 0 Å². The van der Waals surface area contributed by atoms with Gasteiger partial charge in [-0.1, -0.05) is 17.7 Å². The molecule has 3 rings (SSSR count). The number of rotatable bonds is 5. The number of nitrogens with zero attached hydrogens (tertiary/aromatic N) is 1. The average molecular weight is 371 g/mol. The van der Waals surface area contributed by atoms with Crippen molar-refractivity contribution in [2.75, 3.05) is 5.75 Å². The summed E-state index contributed by atoms with van der Waals surface area (Å²) in [6.07, 6.45) is 0. The third kappa shape index (κ3) is 3.77. The van der Waals surface area contributed by atoms with Crippen molar-refractivity contribution in [1.82, 2.24) is 15.5 Å². The third-order valence-electron chi connectivity index (χ3n) is 4.23. The Morgan fingerprint density at radius 3 is 2.54 bits per heavy atom. The molecule has 136 valence electrons. The number of amides is 1. The first-order valence-corrected chi connectivity index (χ1v) is 9.96. The van der Waals surface area contributed by atoms with Crippen molar-refractivity contribution in [3.8, 4) is 0 Å². The van der Waals surface area contributed by atoms with Gasteiger partial charge in [-0.2, -0.15) is 5.10 Å². The van der Waals surface area contributed by atoms with E-state index >= 15 is 0 Å². The molecule has 1 aromatic heterocycles. The van der Waals surface area contributed by atoms with Crippen LogP contribution in [0.1, 0.15) is 28.5 Å². The number of sulfone groups is 1. The summed E-state index contributed by atoms with van der Waals surface area (Å²) in [5, 5.41) is 10.6. The number of hydrogen-bond donors (Lipinski definition) is 2. The second kappa shape index (κ2) is 6.92. The minimum Gasteiger partial charge on any atom is -0.349 e. The molecule has 0 radical (unpaired) electrons. The van der Waals surface area contributed by atoms with Gasteiger partial charge in [0.15, 0.2) is 9.84 Å². The van der Waals surface area contributed by atoms with Gasteiger partial charge in [0.1, 0.15) is 0 Å². The molecule has 0 spiro atoms. The van der Waals surface area contributed by atoms with Crippen LogP contribution in [-0.2, 0) is 9.84 Å². The van der Waals surface area contributed by atoms with Crippen LogP contribution >= 0.6 is 0 Å². The summed E-state index contributed by atoms with van der Waals surface area (Å²) in [5.41, 5.74) is 3.13. The van der Waals surface area contributed by atoms with Gasteiger partial charge in [0.25, 0.3) is 5.91 Å². The molecular weight excluding hydrogens is 350 g/mol. The molecule has 1 amide bonds. The zero-order valence-electron chi connectivity index (χ0n) is 14.9. The largest absolute Gasteiger partial charge is 0.349 e. The first kappa shape index (κ1) is 18.1. The molecular formula is C19H21N3O3S. The average Bonchev–Trinajstić information content (AvgIpc) is 2.95. The maximum Gasteiger partial charge on any atom is 0.251 e. The smallest absolute Gasteiger partial charge is 0.251 e. The molecule has 1 atom stereocenters. The molecule has 0 aliphatic heterocycles. The fourth-order valence-corrected chi connectivity index (χ4v) is 4.28. The van der Waals surface area contributed by atoms with E-state index in [-0.39, 0.29) is 16.6 Å². The minimum absolute atomic E-state index is 0.158. The molecule has 26 heavy (non-hydrogen) atoms.